The van der Waals surface area contributed by atoms with Crippen LogP contribution in [0.2, 0.25) is 0 Å². The summed E-state index contributed by atoms with van der Waals surface area (Å²) in [6.07, 6.45) is 6.70. The van der Waals surface area contributed by atoms with Gasteiger partial charge in [0.15, 0.2) is 0 Å². The summed E-state index contributed by atoms with van der Waals surface area (Å²) in [5, 5.41) is 11.4. The number of nitrogens with one attached hydrogen (secondary N) is 2. The molecule has 0 aliphatic carbocycles. The largest absolute Gasteiger partial charge is 0.382 e. The maximum Gasteiger partial charge on any atom is 0.0726 e. The summed E-state index contributed by atoms with van der Waals surface area (Å²) in [6.45, 7) is 12.0. The zero-order valence-corrected chi connectivity index (χ0v) is 12.9. The third-order valence-electron chi connectivity index (χ3n) is 4.17. The van der Waals surface area contributed by atoms with E-state index in [9.17, 15) is 0 Å². The molecule has 1 aromatic rings. The van der Waals surface area contributed by atoms with Gasteiger partial charge in [-0.3, -0.25) is 4.68 Å². The predicted molar refractivity (Wildman–Crippen MR) is 84.1 cm³/mol. The molecule has 0 spiro atoms. The van der Waals surface area contributed by atoms with Crippen LogP contribution in [-0.2, 0) is 6.54 Å². The Morgan fingerprint density at radius 2 is 2.30 bits per heavy atom. The average molecular weight is 279 g/mol. The second-order valence-corrected chi connectivity index (χ2v) is 5.61. The quantitative estimate of drug-likeness (QED) is 0.759. The Labute approximate surface area is 122 Å². The summed E-state index contributed by atoms with van der Waals surface area (Å²) in [6, 6.07) is 0. The molecule has 2 heterocycles. The van der Waals surface area contributed by atoms with E-state index in [-0.39, 0.29) is 0 Å². The number of anilines is 1. The van der Waals surface area contributed by atoms with Crippen LogP contribution in [0.15, 0.2) is 12.4 Å². The number of likely N-dealkylation sites (N-methyl/N-ethyl adjacent to an activating group) is 1. The van der Waals surface area contributed by atoms with Crippen LogP contribution in [-0.4, -0.2) is 53.9 Å². The first-order valence-corrected chi connectivity index (χ1v) is 8.01. The number of nitrogens with zero attached hydrogens (tertiary/aromatic N) is 3. The fourth-order valence-electron chi connectivity index (χ4n) is 2.72. The molecule has 0 aromatic carbocycles. The molecule has 0 saturated carbocycles. The fraction of sp³-hybridized carbons (Fsp3) is 0.800. The molecule has 5 heteroatoms. The van der Waals surface area contributed by atoms with Crippen molar-refractivity contribution in [3.05, 3.63) is 12.4 Å². The Morgan fingerprint density at radius 3 is 3.00 bits per heavy atom. The molecular weight excluding hydrogens is 250 g/mol. The molecule has 1 aliphatic rings. The van der Waals surface area contributed by atoms with Crippen LogP contribution in [0.3, 0.4) is 0 Å². The minimum Gasteiger partial charge on any atom is -0.382 e. The molecule has 2 rings (SSSR count). The van der Waals surface area contributed by atoms with Gasteiger partial charge in [-0.2, -0.15) is 5.10 Å². The standard InChI is InChI=1S/C15H29N5/c1-3-19(4-2)8-9-20-13-15(12-18-20)17-11-14-6-5-7-16-10-14/h12-14,16-17H,3-11H2,1-2H3. The van der Waals surface area contributed by atoms with Gasteiger partial charge in [0.05, 0.1) is 18.4 Å². The van der Waals surface area contributed by atoms with Crippen molar-refractivity contribution >= 4 is 5.69 Å². The summed E-state index contributed by atoms with van der Waals surface area (Å²) < 4.78 is 2.04. The number of hydrogen-bond donors (Lipinski definition) is 2. The summed E-state index contributed by atoms with van der Waals surface area (Å²) >= 11 is 0. The molecule has 0 radical (unpaired) electrons. The Hall–Kier alpha value is -1.07. The minimum atomic E-state index is 0.753. The third kappa shape index (κ3) is 4.80. The number of rotatable bonds is 8. The van der Waals surface area contributed by atoms with Crippen molar-refractivity contribution in [3.63, 3.8) is 0 Å². The van der Waals surface area contributed by atoms with Crippen molar-refractivity contribution in [1.29, 1.82) is 0 Å². The first-order chi connectivity index (χ1) is 9.81. The first-order valence-electron chi connectivity index (χ1n) is 8.01. The molecule has 20 heavy (non-hydrogen) atoms. The van der Waals surface area contributed by atoms with Crippen LogP contribution < -0.4 is 10.6 Å². The van der Waals surface area contributed by atoms with E-state index in [1.807, 2.05) is 10.9 Å². The minimum absolute atomic E-state index is 0.753. The second kappa shape index (κ2) is 8.27. The van der Waals surface area contributed by atoms with Crippen molar-refractivity contribution in [3.8, 4) is 0 Å². The Kier molecular flexibility index (Phi) is 6.33. The van der Waals surface area contributed by atoms with Crippen LogP contribution in [0, 0.1) is 5.92 Å². The molecule has 114 valence electrons. The second-order valence-electron chi connectivity index (χ2n) is 5.61. The van der Waals surface area contributed by atoms with Gasteiger partial charge in [-0.1, -0.05) is 13.8 Å². The van der Waals surface area contributed by atoms with Crippen LogP contribution in [0.5, 0.6) is 0 Å². The van der Waals surface area contributed by atoms with Gasteiger partial charge < -0.3 is 15.5 Å². The molecule has 0 amide bonds. The molecule has 1 saturated heterocycles. The van der Waals surface area contributed by atoms with Gasteiger partial charge in [-0.15, -0.1) is 0 Å². The van der Waals surface area contributed by atoms with Gasteiger partial charge in [-0.25, -0.2) is 0 Å². The Morgan fingerprint density at radius 1 is 1.45 bits per heavy atom. The molecule has 0 bridgehead atoms. The van der Waals surface area contributed by atoms with E-state index in [4.69, 9.17) is 0 Å². The van der Waals surface area contributed by atoms with Crippen molar-refractivity contribution in [2.45, 2.75) is 33.2 Å². The monoisotopic (exact) mass is 279 g/mol. The first kappa shape index (κ1) is 15.3. The Balaban J connectivity index is 1.71. The van der Waals surface area contributed by atoms with E-state index in [0.29, 0.717) is 0 Å². The molecule has 1 aromatic heterocycles. The molecule has 2 N–H and O–H groups in total. The van der Waals surface area contributed by atoms with Gasteiger partial charge >= 0.3 is 0 Å². The molecule has 1 unspecified atom stereocenters. The van der Waals surface area contributed by atoms with E-state index in [1.54, 1.807) is 0 Å². The third-order valence-corrected chi connectivity index (χ3v) is 4.17. The lowest BCUT2D eigenvalue weighted by atomic mass is 10.00. The van der Waals surface area contributed by atoms with Gasteiger partial charge in [0.25, 0.3) is 0 Å². The van der Waals surface area contributed by atoms with Crippen LogP contribution in [0.1, 0.15) is 26.7 Å². The number of aromatic nitrogens is 2. The van der Waals surface area contributed by atoms with Crippen molar-refractivity contribution in [1.82, 2.24) is 20.0 Å². The lowest BCUT2D eigenvalue weighted by molar-refractivity contribution is 0.285. The van der Waals surface area contributed by atoms with Gasteiger partial charge in [0.1, 0.15) is 0 Å². The number of piperidine rings is 1. The molecule has 1 aliphatic heterocycles. The zero-order chi connectivity index (χ0) is 14.2. The predicted octanol–water partition coefficient (Wildman–Crippen LogP) is 1.64. The van der Waals surface area contributed by atoms with Crippen LogP contribution >= 0.6 is 0 Å². The number of hydrogen-bond acceptors (Lipinski definition) is 4. The summed E-state index contributed by atoms with van der Waals surface area (Å²) in [4.78, 5) is 2.42. The normalized spacial score (nSPS) is 19.4. The van der Waals surface area contributed by atoms with Crippen LogP contribution in [0.4, 0.5) is 5.69 Å². The summed E-state index contributed by atoms with van der Waals surface area (Å²) in [5.74, 6) is 0.753. The smallest absolute Gasteiger partial charge is 0.0726 e. The van der Waals surface area contributed by atoms with E-state index in [1.165, 1.54) is 19.4 Å². The van der Waals surface area contributed by atoms with Crippen molar-refractivity contribution < 1.29 is 0 Å². The van der Waals surface area contributed by atoms with Gasteiger partial charge in [0, 0.05) is 19.3 Å². The molecular formula is C15H29N5. The van der Waals surface area contributed by atoms with E-state index >= 15 is 0 Å². The molecule has 5 nitrogen and oxygen atoms in total. The van der Waals surface area contributed by atoms with Gasteiger partial charge in [0.2, 0.25) is 0 Å². The topological polar surface area (TPSA) is 45.1 Å². The zero-order valence-electron chi connectivity index (χ0n) is 12.9. The van der Waals surface area contributed by atoms with Crippen molar-refractivity contribution in [2.24, 2.45) is 5.92 Å². The highest BCUT2D eigenvalue weighted by Crippen LogP contribution is 2.12. The maximum absolute atomic E-state index is 4.43. The highest BCUT2D eigenvalue weighted by Gasteiger charge is 2.12. The van der Waals surface area contributed by atoms with E-state index in [2.05, 4.69) is 40.7 Å². The molecule has 1 fully saturated rings. The highest BCUT2D eigenvalue weighted by molar-refractivity contribution is 5.38. The average Bonchev–Trinajstić information content (AvgIpc) is 2.95. The maximum atomic E-state index is 4.43. The fourth-order valence-corrected chi connectivity index (χ4v) is 2.72. The molecule has 1 atom stereocenters. The highest BCUT2D eigenvalue weighted by atomic mass is 15.3. The van der Waals surface area contributed by atoms with Gasteiger partial charge in [-0.05, 0) is 44.9 Å². The lowest BCUT2D eigenvalue weighted by Gasteiger charge is -2.22. The SMILES string of the molecule is CCN(CC)CCn1cc(NCC2CCCNC2)cn1. The van der Waals surface area contributed by atoms with E-state index in [0.717, 1.165) is 50.9 Å². The van der Waals surface area contributed by atoms with E-state index < -0.39 is 0 Å². The Bertz CT molecular complexity index is 366. The summed E-state index contributed by atoms with van der Waals surface area (Å²) in [7, 11) is 0. The van der Waals surface area contributed by atoms with Crippen molar-refractivity contribution in [2.75, 3.05) is 44.6 Å². The van der Waals surface area contributed by atoms with Crippen LogP contribution in [0.25, 0.3) is 0 Å². The lowest BCUT2D eigenvalue weighted by Crippen LogP contribution is -2.33. The summed E-state index contributed by atoms with van der Waals surface area (Å²) in [5.41, 5.74) is 1.15.